The van der Waals surface area contributed by atoms with Crippen molar-refractivity contribution in [3.8, 4) is 0 Å². The summed E-state index contributed by atoms with van der Waals surface area (Å²) in [5, 5.41) is 0. The predicted octanol–water partition coefficient (Wildman–Crippen LogP) is 3.22. The van der Waals surface area contributed by atoms with Crippen molar-refractivity contribution in [2.45, 2.75) is 70.5 Å². The van der Waals surface area contributed by atoms with Crippen LogP contribution in [0.15, 0.2) is 11.6 Å². The highest BCUT2D eigenvalue weighted by atomic mass is 16.6. The third kappa shape index (κ3) is 1.26. The van der Waals surface area contributed by atoms with Gasteiger partial charge in [-0.1, -0.05) is 19.4 Å². The molecule has 0 amide bonds. The Bertz CT molecular complexity index is 635. The molecule has 0 unspecified atom stereocenters. The molecule has 22 heavy (non-hydrogen) atoms. The van der Waals surface area contributed by atoms with E-state index in [1.54, 1.807) is 0 Å². The highest BCUT2D eigenvalue weighted by molar-refractivity contribution is 5.92. The molecule has 5 aliphatic rings. The number of carbonyl (C=O) groups excluding carboxylic acids is 2. The lowest BCUT2D eigenvalue weighted by Gasteiger charge is -2.54. The van der Waals surface area contributed by atoms with E-state index in [4.69, 9.17) is 4.74 Å². The van der Waals surface area contributed by atoms with Gasteiger partial charge in [0.1, 0.15) is 11.4 Å². The van der Waals surface area contributed by atoms with Crippen LogP contribution in [0.5, 0.6) is 0 Å². The Labute approximate surface area is 131 Å². The van der Waals surface area contributed by atoms with Gasteiger partial charge in [-0.25, -0.2) is 0 Å². The number of fused-ring (bicyclic) bond motifs is 3. The molecular weight excluding hydrogens is 276 g/mol. The van der Waals surface area contributed by atoms with Crippen molar-refractivity contribution < 1.29 is 14.3 Å². The van der Waals surface area contributed by atoms with Crippen LogP contribution in [0.4, 0.5) is 0 Å². The van der Waals surface area contributed by atoms with Crippen LogP contribution in [0.3, 0.4) is 0 Å². The molecule has 1 saturated heterocycles. The smallest absolute Gasteiger partial charge is 0.155 e. The molecule has 0 radical (unpaired) electrons. The molecule has 1 heterocycles. The Hall–Kier alpha value is -0.960. The van der Waals surface area contributed by atoms with Crippen molar-refractivity contribution >= 4 is 11.6 Å². The van der Waals surface area contributed by atoms with Gasteiger partial charge in [0.05, 0.1) is 6.10 Å². The van der Waals surface area contributed by atoms with E-state index in [1.807, 2.05) is 6.08 Å². The SMILES string of the molecule is C[C@]12CCC(=O)C=C1CC[C@H]1[C@@H]3CCC(=O)[C@@]3(C)C[C@H]3O[C@]312. The normalized spacial score (nSPS) is 55.7. The predicted molar refractivity (Wildman–Crippen MR) is 81.2 cm³/mol. The number of epoxide rings is 1. The van der Waals surface area contributed by atoms with Gasteiger partial charge in [0.2, 0.25) is 0 Å². The first-order valence-electron chi connectivity index (χ1n) is 8.87. The van der Waals surface area contributed by atoms with Gasteiger partial charge < -0.3 is 4.74 Å². The van der Waals surface area contributed by atoms with Crippen LogP contribution in [0.1, 0.15) is 58.8 Å². The van der Waals surface area contributed by atoms with E-state index in [0.29, 0.717) is 24.0 Å². The van der Waals surface area contributed by atoms with E-state index < -0.39 is 0 Å². The summed E-state index contributed by atoms with van der Waals surface area (Å²) in [4.78, 5) is 24.3. The van der Waals surface area contributed by atoms with Crippen molar-refractivity contribution in [3.63, 3.8) is 0 Å². The summed E-state index contributed by atoms with van der Waals surface area (Å²) in [6.07, 6.45) is 8.58. The number of Topliss-reactive ketones (excluding diaryl/α,β-unsaturated/α-hetero) is 1. The Morgan fingerprint density at radius 2 is 1.86 bits per heavy atom. The molecule has 0 aromatic rings. The van der Waals surface area contributed by atoms with Gasteiger partial charge in [-0.3, -0.25) is 9.59 Å². The number of ketones is 2. The first kappa shape index (κ1) is 13.5. The fourth-order valence-electron chi connectivity index (χ4n) is 6.79. The first-order valence-corrected chi connectivity index (χ1v) is 8.87. The van der Waals surface area contributed by atoms with Crippen molar-refractivity contribution in [1.29, 1.82) is 0 Å². The van der Waals surface area contributed by atoms with Crippen LogP contribution < -0.4 is 0 Å². The number of hydrogen-bond acceptors (Lipinski definition) is 3. The second-order valence-corrected chi connectivity index (χ2v) is 8.70. The zero-order valence-electron chi connectivity index (χ0n) is 13.5. The van der Waals surface area contributed by atoms with E-state index in [-0.39, 0.29) is 28.3 Å². The maximum Gasteiger partial charge on any atom is 0.155 e. The molecular formula is C19H24O3. The maximum absolute atomic E-state index is 12.5. The lowest BCUT2D eigenvalue weighted by atomic mass is 9.47. The van der Waals surface area contributed by atoms with Crippen LogP contribution in [0, 0.1) is 22.7 Å². The van der Waals surface area contributed by atoms with E-state index in [1.165, 1.54) is 5.57 Å². The third-order valence-corrected chi connectivity index (χ3v) is 8.04. The van der Waals surface area contributed by atoms with E-state index >= 15 is 0 Å². The van der Waals surface area contributed by atoms with Crippen LogP contribution in [-0.2, 0) is 14.3 Å². The fraction of sp³-hybridized carbons (Fsp3) is 0.789. The van der Waals surface area contributed by atoms with Crippen molar-refractivity contribution in [3.05, 3.63) is 11.6 Å². The molecule has 0 bridgehead atoms. The Kier molecular flexibility index (Phi) is 2.29. The highest BCUT2D eigenvalue weighted by Crippen LogP contribution is 2.74. The van der Waals surface area contributed by atoms with Gasteiger partial charge in [0.25, 0.3) is 0 Å². The van der Waals surface area contributed by atoms with Gasteiger partial charge in [0.15, 0.2) is 5.78 Å². The summed E-state index contributed by atoms with van der Waals surface area (Å²) in [5.41, 5.74) is 1.15. The second-order valence-electron chi connectivity index (χ2n) is 8.70. The average molecular weight is 300 g/mol. The minimum Gasteiger partial charge on any atom is -0.365 e. The van der Waals surface area contributed by atoms with Crippen molar-refractivity contribution in [2.75, 3.05) is 0 Å². The van der Waals surface area contributed by atoms with E-state index in [2.05, 4.69) is 13.8 Å². The minimum absolute atomic E-state index is 0.0292. The molecule has 3 nitrogen and oxygen atoms in total. The number of rotatable bonds is 0. The summed E-state index contributed by atoms with van der Waals surface area (Å²) < 4.78 is 6.42. The standard InChI is InChI=1S/C19H24O3/c1-17-10-16-19(22-16)14(13(17)5-6-15(17)21)4-3-11-9-12(20)7-8-18(11,19)2/h9,13-14,16H,3-8,10H2,1-2H3/t13-,14-,16+,17-,18-,19-/m0/s1. The van der Waals surface area contributed by atoms with Crippen molar-refractivity contribution in [1.82, 2.24) is 0 Å². The average Bonchev–Trinajstić information content (AvgIpc) is 3.12. The Morgan fingerprint density at radius 1 is 1.09 bits per heavy atom. The topological polar surface area (TPSA) is 46.7 Å². The molecule has 0 aromatic heterocycles. The lowest BCUT2D eigenvalue weighted by molar-refractivity contribution is -0.130. The molecule has 0 aromatic carbocycles. The molecule has 4 fully saturated rings. The highest BCUT2D eigenvalue weighted by Gasteiger charge is 2.79. The quantitative estimate of drug-likeness (QED) is 0.645. The summed E-state index contributed by atoms with van der Waals surface area (Å²) in [6.45, 7) is 4.52. The fourth-order valence-corrected chi connectivity index (χ4v) is 6.79. The minimum atomic E-state index is -0.141. The summed E-state index contributed by atoms with van der Waals surface area (Å²) in [5.74, 6) is 1.76. The van der Waals surface area contributed by atoms with E-state index in [0.717, 1.165) is 38.5 Å². The van der Waals surface area contributed by atoms with Crippen LogP contribution in [-0.4, -0.2) is 23.3 Å². The first-order chi connectivity index (χ1) is 10.4. The molecule has 1 spiro atoms. The van der Waals surface area contributed by atoms with Crippen LogP contribution in [0.2, 0.25) is 0 Å². The number of carbonyl (C=O) groups is 2. The largest absolute Gasteiger partial charge is 0.365 e. The van der Waals surface area contributed by atoms with Gasteiger partial charge in [-0.15, -0.1) is 0 Å². The molecule has 3 saturated carbocycles. The van der Waals surface area contributed by atoms with Crippen LogP contribution in [0.25, 0.3) is 0 Å². The van der Waals surface area contributed by atoms with Crippen molar-refractivity contribution in [2.24, 2.45) is 22.7 Å². The summed E-state index contributed by atoms with van der Waals surface area (Å²) in [6, 6.07) is 0. The van der Waals surface area contributed by atoms with Gasteiger partial charge in [0, 0.05) is 23.7 Å². The number of hydrogen-bond donors (Lipinski definition) is 0. The Balaban J connectivity index is 1.61. The van der Waals surface area contributed by atoms with Gasteiger partial charge in [-0.2, -0.15) is 0 Å². The van der Waals surface area contributed by atoms with E-state index in [9.17, 15) is 9.59 Å². The summed E-state index contributed by atoms with van der Waals surface area (Å²) in [7, 11) is 0. The zero-order chi connectivity index (χ0) is 15.3. The molecule has 4 aliphatic carbocycles. The molecule has 5 rings (SSSR count). The molecule has 1 aliphatic heterocycles. The third-order valence-electron chi connectivity index (χ3n) is 8.04. The molecule has 3 heteroatoms. The monoisotopic (exact) mass is 300 g/mol. The zero-order valence-corrected chi connectivity index (χ0v) is 13.5. The summed E-state index contributed by atoms with van der Waals surface area (Å²) >= 11 is 0. The maximum atomic E-state index is 12.5. The molecule has 0 N–H and O–H groups in total. The van der Waals surface area contributed by atoms with Gasteiger partial charge in [-0.05, 0) is 50.0 Å². The second kappa shape index (κ2) is 3.75. The Morgan fingerprint density at radius 3 is 2.68 bits per heavy atom. The van der Waals surface area contributed by atoms with Crippen LogP contribution >= 0.6 is 0 Å². The molecule has 118 valence electrons. The number of ether oxygens (including phenoxy) is 1. The van der Waals surface area contributed by atoms with Gasteiger partial charge >= 0.3 is 0 Å². The lowest BCUT2D eigenvalue weighted by Crippen LogP contribution is -2.57. The molecule has 6 atom stereocenters.